The molecule has 1 aliphatic rings. The second-order valence-corrected chi connectivity index (χ2v) is 1.97. The van der Waals surface area contributed by atoms with Crippen molar-refractivity contribution in [1.82, 2.24) is 0 Å². The molecule has 0 radical (unpaired) electrons. The molecule has 0 aromatic carbocycles. The number of hydrogen-bond acceptors (Lipinski definition) is 1. The summed E-state index contributed by atoms with van der Waals surface area (Å²) in [5.41, 5.74) is 0. The van der Waals surface area contributed by atoms with Crippen LogP contribution in [0.5, 0.6) is 0 Å². The van der Waals surface area contributed by atoms with Crippen molar-refractivity contribution >= 4 is 0 Å². The third-order valence-corrected chi connectivity index (χ3v) is 1.16. The molecule has 1 heterocycles. The van der Waals surface area contributed by atoms with Crippen molar-refractivity contribution in [2.45, 2.75) is 20.8 Å². The topological polar surface area (TPSA) is 9.23 Å². The van der Waals surface area contributed by atoms with Gasteiger partial charge in [-0.2, -0.15) is 0 Å². The zero-order valence-corrected chi connectivity index (χ0v) is 4.11. The van der Waals surface area contributed by atoms with Crippen LogP contribution in [0.3, 0.4) is 0 Å². The molecular formula is C6H14O. The van der Waals surface area contributed by atoms with E-state index in [1.807, 2.05) is 0 Å². The first kappa shape index (κ1) is 6.96. The van der Waals surface area contributed by atoms with Crippen molar-refractivity contribution < 1.29 is 4.74 Å². The quantitative estimate of drug-likeness (QED) is 0.452. The van der Waals surface area contributed by atoms with E-state index in [0.717, 1.165) is 19.1 Å². The van der Waals surface area contributed by atoms with Crippen LogP contribution in [0.25, 0.3) is 0 Å². The van der Waals surface area contributed by atoms with Crippen molar-refractivity contribution in [3.8, 4) is 0 Å². The predicted octanol–water partition coefficient (Wildman–Crippen LogP) is 1.68. The zero-order chi connectivity index (χ0) is 4.41. The Morgan fingerprint density at radius 3 is 2.43 bits per heavy atom. The Labute approximate surface area is 45.7 Å². The van der Waals surface area contributed by atoms with Crippen LogP contribution in [0.4, 0.5) is 0 Å². The first-order valence-electron chi connectivity index (χ1n) is 2.47. The van der Waals surface area contributed by atoms with Gasteiger partial charge in [0.25, 0.3) is 0 Å². The second kappa shape index (κ2) is 3.03. The third-order valence-electron chi connectivity index (χ3n) is 1.16. The lowest BCUT2D eigenvalue weighted by Crippen LogP contribution is -1.88. The van der Waals surface area contributed by atoms with Crippen LogP contribution in [-0.4, -0.2) is 13.2 Å². The van der Waals surface area contributed by atoms with Crippen LogP contribution in [0, 0.1) is 5.92 Å². The van der Waals surface area contributed by atoms with E-state index in [0.29, 0.717) is 0 Å². The summed E-state index contributed by atoms with van der Waals surface area (Å²) in [6.45, 7) is 4.19. The summed E-state index contributed by atoms with van der Waals surface area (Å²) in [7, 11) is 0. The number of hydrogen-bond donors (Lipinski definition) is 0. The standard InChI is InChI=1S/C5H10O.CH4/c1-5-2-3-6-4-5;/h5H,2-4H2,1H3;1H4. The molecule has 1 saturated heterocycles. The Morgan fingerprint density at radius 2 is 2.29 bits per heavy atom. The van der Waals surface area contributed by atoms with Gasteiger partial charge in [0.15, 0.2) is 0 Å². The van der Waals surface area contributed by atoms with Gasteiger partial charge in [0.05, 0.1) is 0 Å². The highest BCUT2D eigenvalue weighted by atomic mass is 16.5. The van der Waals surface area contributed by atoms with E-state index in [9.17, 15) is 0 Å². The summed E-state index contributed by atoms with van der Waals surface area (Å²) >= 11 is 0. The first-order valence-corrected chi connectivity index (χ1v) is 2.47. The van der Waals surface area contributed by atoms with Gasteiger partial charge in [0.1, 0.15) is 0 Å². The number of ether oxygens (including phenoxy) is 1. The smallest absolute Gasteiger partial charge is 0.0492 e. The van der Waals surface area contributed by atoms with Crippen molar-refractivity contribution in [3.63, 3.8) is 0 Å². The third kappa shape index (κ3) is 1.93. The maximum Gasteiger partial charge on any atom is 0.0492 e. The van der Waals surface area contributed by atoms with Gasteiger partial charge in [-0.25, -0.2) is 0 Å². The average Bonchev–Trinajstić information content (AvgIpc) is 1.86. The Hall–Kier alpha value is -0.0400. The molecule has 44 valence electrons. The van der Waals surface area contributed by atoms with Crippen molar-refractivity contribution in [3.05, 3.63) is 0 Å². The Morgan fingerprint density at radius 1 is 1.57 bits per heavy atom. The molecule has 1 heteroatoms. The van der Waals surface area contributed by atoms with Gasteiger partial charge in [0, 0.05) is 13.2 Å². The highest BCUT2D eigenvalue weighted by Crippen LogP contribution is 2.09. The summed E-state index contributed by atoms with van der Waals surface area (Å²) in [6, 6.07) is 0. The molecule has 0 spiro atoms. The van der Waals surface area contributed by atoms with Crippen LogP contribution < -0.4 is 0 Å². The molecule has 1 atom stereocenters. The molecule has 1 rings (SSSR count). The molecule has 1 nitrogen and oxygen atoms in total. The molecule has 0 bridgehead atoms. The lowest BCUT2D eigenvalue weighted by Gasteiger charge is -1.89. The Balaban J connectivity index is 0.000000360. The molecule has 0 amide bonds. The fourth-order valence-electron chi connectivity index (χ4n) is 0.652. The van der Waals surface area contributed by atoms with Crippen LogP contribution >= 0.6 is 0 Å². The van der Waals surface area contributed by atoms with Crippen molar-refractivity contribution in [2.24, 2.45) is 5.92 Å². The van der Waals surface area contributed by atoms with Crippen molar-refractivity contribution in [1.29, 1.82) is 0 Å². The van der Waals surface area contributed by atoms with E-state index in [4.69, 9.17) is 4.74 Å². The van der Waals surface area contributed by atoms with E-state index in [1.54, 1.807) is 0 Å². The lowest BCUT2D eigenvalue weighted by molar-refractivity contribution is 0.188. The lowest BCUT2D eigenvalue weighted by atomic mass is 10.2. The normalized spacial score (nSPS) is 29.6. The largest absolute Gasteiger partial charge is 0.381 e. The average molecular weight is 102 g/mol. The first-order chi connectivity index (χ1) is 2.89. The highest BCUT2D eigenvalue weighted by Gasteiger charge is 2.07. The van der Waals surface area contributed by atoms with Gasteiger partial charge in [-0.15, -0.1) is 0 Å². The van der Waals surface area contributed by atoms with Gasteiger partial charge in [0.2, 0.25) is 0 Å². The predicted molar refractivity (Wildman–Crippen MR) is 31.3 cm³/mol. The van der Waals surface area contributed by atoms with Crippen LogP contribution in [-0.2, 0) is 4.74 Å². The maximum absolute atomic E-state index is 5.06. The fraction of sp³-hybridized carbons (Fsp3) is 1.00. The molecule has 0 aromatic heterocycles. The number of rotatable bonds is 0. The summed E-state index contributed by atoms with van der Waals surface area (Å²) in [4.78, 5) is 0. The molecule has 1 aliphatic heterocycles. The minimum atomic E-state index is 0. The SMILES string of the molecule is C.CC1CCOC1. The van der Waals surface area contributed by atoms with Gasteiger partial charge < -0.3 is 4.74 Å². The monoisotopic (exact) mass is 102 g/mol. The molecule has 7 heavy (non-hydrogen) atoms. The molecule has 0 aromatic rings. The summed E-state index contributed by atoms with van der Waals surface area (Å²) in [6.07, 6.45) is 1.26. The maximum atomic E-state index is 5.06. The molecule has 0 saturated carbocycles. The van der Waals surface area contributed by atoms with Gasteiger partial charge in [-0.1, -0.05) is 14.4 Å². The van der Waals surface area contributed by atoms with Gasteiger partial charge >= 0.3 is 0 Å². The Kier molecular flexibility index (Phi) is 3.01. The molecule has 0 N–H and O–H groups in total. The van der Waals surface area contributed by atoms with E-state index >= 15 is 0 Å². The molecule has 1 fully saturated rings. The van der Waals surface area contributed by atoms with Gasteiger partial charge in [-0.3, -0.25) is 0 Å². The summed E-state index contributed by atoms with van der Waals surface area (Å²) in [5, 5.41) is 0. The summed E-state index contributed by atoms with van der Waals surface area (Å²) < 4.78 is 5.06. The Bertz CT molecular complexity index is 37.4. The van der Waals surface area contributed by atoms with E-state index in [-0.39, 0.29) is 7.43 Å². The molecular weight excluding hydrogens is 88.1 g/mol. The van der Waals surface area contributed by atoms with E-state index < -0.39 is 0 Å². The highest BCUT2D eigenvalue weighted by molar-refractivity contribution is 4.55. The minimum Gasteiger partial charge on any atom is -0.381 e. The van der Waals surface area contributed by atoms with Crippen LogP contribution in [0.2, 0.25) is 0 Å². The van der Waals surface area contributed by atoms with Crippen molar-refractivity contribution in [2.75, 3.05) is 13.2 Å². The van der Waals surface area contributed by atoms with Crippen LogP contribution in [0.1, 0.15) is 20.8 Å². The van der Waals surface area contributed by atoms with E-state index in [1.165, 1.54) is 6.42 Å². The molecule has 1 unspecified atom stereocenters. The van der Waals surface area contributed by atoms with Crippen LogP contribution in [0.15, 0.2) is 0 Å². The van der Waals surface area contributed by atoms with E-state index in [2.05, 4.69) is 6.92 Å². The second-order valence-electron chi connectivity index (χ2n) is 1.97. The minimum absolute atomic E-state index is 0. The summed E-state index contributed by atoms with van der Waals surface area (Å²) in [5.74, 6) is 0.824. The van der Waals surface area contributed by atoms with Gasteiger partial charge in [-0.05, 0) is 12.3 Å². The fourth-order valence-corrected chi connectivity index (χ4v) is 0.652. The molecule has 0 aliphatic carbocycles. The zero-order valence-electron chi connectivity index (χ0n) is 4.11.